The minimum absolute atomic E-state index is 0.316. The van der Waals surface area contributed by atoms with E-state index in [-0.39, 0.29) is 11.7 Å². The Labute approximate surface area is 132 Å². The summed E-state index contributed by atoms with van der Waals surface area (Å²) in [5.41, 5.74) is 2.09. The Hall–Kier alpha value is -2.89. The molecule has 0 aliphatic carbocycles. The second-order valence-corrected chi connectivity index (χ2v) is 5.06. The molecule has 1 unspecified atom stereocenters. The average molecular weight is 314 g/mol. The molecule has 1 aliphatic rings. The van der Waals surface area contributed by atoms with Gasteiger partial charge >= 0.3 is 0 Å². The predicted molar refractivity (Wildman–Crippen MR) is 84.1 cm³/mol. The highest BCUT2D eigenvalue weighted by Crippen LogP contribution is 2.20. The van der Waals surface area contributed by atoms with E-state index in [9.17, 15) is 9.18 Å². The summed E-state index contributed by atoms with van der Waals surface area (Å²) in [6.45, 7) is 0. The van der Waals surface area contributed by atoms with Gasteiger partial charge in [0.15, 0.2) is 0 Å². The SMILES string of the molecule is COc1ccc(C2=NOC(C(=O)Nc3ccc(F)cc3)C2)cc1. The van der Waals surface area contributed by atoms with Gasteiger partial charge in [0.2, 0.25) is 6.10 Å². The van der Waals surface area contributed by atoms with E-state index in [1.165, 1.54) is 24.3 Å². The molecular formula is C17H15FN2O3. The van der Waals surface area contributed by atoms with Gasteiger partial charge in [-0.15, -0.1) is 0 Å². The zero-order valence-electron chi connectivity index (χ0n) is 12.5. The summed E-state index contributed by atoms with van der Waals surface area (Å²) in [5.74, 6) is 0.0768. The molecule has 0 spiro atoms. The number of nitrogens with zero attached hydrogens (tertiary/aromatic N) is 1. The predicted octanol–water partition coefficient (Wildman–Crippen LogP) is 2.97. The molecule has 118 valence electrons. The molecule has 1 amide bonds. The molecule has 5 nitrogen and oxygen atoms in total. The molecule has 2 aromatic carbocycles. The Morgan fingerprint density at radius 1 is 1.22 bits per heavy atom. The number of hydrogen-bond acceptors (Lipinski definition) is 4. The molecule has 0 saturated heterocycles. The number of methoxy groups -OCH3 is 1. The summed E-state index contributed by atoms with van der Waals surface area (Å²) in [5, 5.41) is 6.65. The Kier molecular flexibility index (Phi) is 4.23. The average Bonchev–Trinajstić information content (AvgIpc) is 3.07. The van der Waals surface area contributed by atoms with E-state index in [4.69, 9.17) is 9.57 Å². The fourth-order valence-corrected chi connectivity index (χ4v) is 2.23. The number of carbonyl (C=O) groups is 1. The van der Waals surface area contributed by atoms with Gasteiger partial charge in [0.05, 0.1) is 12.8 Å². The lowest BCUT2D eigenvalue weighted by Crippen LogP contribution is -2.28. The molecule has 0 radical (unpaired) electrons. The van der Waals surface area contributed by atoms with Crippen LogP contribution in [-0.4, -0.2) is 24.8 Å². The smallest absolute Gasteiger partial charge is 0.268 e. The number of benzene rings is 2. The highest BCUT2D eigenvalue weighted by molar-refractivity contribution is 6.06. The minimum Gasteiger partial charge on any atom is -0.497 e. The summed E-state index contributed by atoms with van der Waals surface area (Å²) in [7, 11) is 1.60. The zero-order valence-corrected chi connectivity index (χ0v) is 12.5. The second kappa shape index (κ2) is 6.48. The van der Waals surface area contributed by atoms with Crippen molar-refractivity contribution in [3.8, 4) is 5.75 Å². The number of carbonyl (C=O) groups excluding carboxylic acids is 1. The van der Waals surface area contributed by atoms with Gasteiger partial charge in [-0.2, -0.15) is 0 Å². The highest BCUT2D eigenvalue weighted by atomic mass is 19.1. The van der Waals surface area contributed by atoms with Gasteiger partial charge in [0.1, 0.15) is 11.6 Å². The first-order valence-corrected chi connectivity index (χ1v) is 7.09. The topological polar surface area (TPSA) is 59.9 Å². The van der Waals surface area contributed by atoms with E-state index in [0.717, 1.165) is 11.3 Å². The second-order valence-electron chi connectivity index (χ2n) is 5.06. The molecule has 0 aromatic heterocycles. The van der Waals surface area contributed by atoms with Crippen LogP contribution in [-0.2, 0) is 9.63 Å². The van der Waals surface area contributed by atoms with Crippen LogP contribution in [0.15, 0.2) is 53.7 Å². The van der Waals surface area contributed by atoms with E-state index < -0.39 is 6.10 Å². The van der Waals surface area contributed by atoms with E-state index in [1.807, 2.05) is 24.3 Å². The van der Waals surface area contributed by atoms with Gasteiger partial charge in [-0.3, -0.25) is 4.79 Å². The van der Waals surface area contributed by atoms with E-state index in [2.05, 4.69) is 10.5 Å². The molecular weight excluding hydrogens is 299 g/mol. The summed E-state index contributed by atoms with van der Waals surface area (Å²) in [4.78, 5) is 17.4. The maximum atomic E-state index is 12.9. The third kappa shape index (κ3) is 3.48. The molecule has 1 heterocycles. The molecule has 0 fully saturated rings. The Morgan fingerprint density at radius 3 is 2.57 bits per heavy atom. The van der Waals surface area contributed by atoms with Gasteiger partial charge in [-0.1, -0.05) is 5.16 Å². The molecule has 23 heavy (non-hydrogen) atoms. The highest BCUT2D eigenvalue weighted by Gasteiger charge is 2.28. The van der Waals surface area contributed by atoms with Gasteiger partial charge in [0.25, 0.3) is 5.91 Å². The van der Waals surface area contributed by atoms with Crippen LogP contribution in [0.3, 0.4) is 0 Å². The maximum Gasteiger partial charge on any atom is 0.268 e. The van der Waals surface area contributed by atoms with Gasteiger partial charge < -0.3 is 14.9 Å². The van der Waals surface area contributed by atoms with Crippen LogP contribution in [0.2, 0.25) is 0 Å². The quantitative estimate of drug-likeness (QED) is 0.944. The Balaban J connectivity index is 1.61. The number of amides is 1. The van der Waals surface area contributed by atoms with Crippen molar-refractivity contribution in [2.45, 2.75) is 12.5 Å². The summed E-state index contributed by atoms with van der Waals surface area (Å²) >= 11 is 0. The van der Waals surface area contributed by atoms with E-state index in [0.29, 0.717) is 17.8 Å². The van der Waals surface area contributed by atoms with Crippen molar-refractivity contribution in [2.75, 3.05) is 12.4 Å². The zero-order chi connectivity index (χ0) is 16.2. The lowest BCUT2D eigenvalue weighted by molar-refractivity contribution is -0.125. The molecule has 2 aromatic rings. The van der Waals surface area contributed by atoms with E-state index in [1.54, 1.807) is 7.11 Å². The van der Waals surface area contributed by atoms with Gasteiger partial charge in [-0.25, -0.2) is 4.39 Å². The molecule has 0 bridgehead atoms. The van der Waals surface area contributed by atoms with Gasteiger partial charge in [0, 0.05) is 12.1 Å². The molecule has 1 aliphatic heterocycles. The van der Waals surface area contributed by atoms with Gasteiger partial charge in [-0.05, 0) is 54.1 Å². The van der Waals surface area contributed by atoms with Crippen molar-refractivity contribution >= 4 is 17.3 Å². The Morgan fingerprint density at radius 2 is 1.91 bits per heavy atom. The monoisotopic (exact) mass is 314 g/mol. The molecule has 1 N–H and O–H groups in total. The van der Waals surface area contributed by atoms with Crippen LogP contribution >= 0.6 is 0 Å². The van der Waals surface area contributed by atoms with Crippen LogP contribution in [0.1, 0.15) is 12.0 Å². The normalized spacial score (nSPS) is 16.4. The lowest BCUT2D eigenvalue weighted by Gasteiger charge is -2.09. The fourth-order valence-electron chi connectivity index (χ4n) is 2.23. The van der Waals surface area contributed by atoms with Crippen LogP contribution < -0.4 is 10.1 Å². The first-order valence-electron chi connectivity index (χ1n) is 7.09. The molecule has 3 rings (SSSR count). The van der Waals surface area contributed by atoms with Crippen molar-refractivity contribution in [1.82, 2.24) is 0 Å². The number of anilines is 1. The number of hydrogen-bond donors (Lipinski definition) is 1. The van der Waals surface area contributed by atoms with Crippen LogP contribution in [0.5, 0.6) is 5.75 Å². The van der Waals surface area contributed by atoms with Crippen LogP contribution in [0, 0.1) is 5.82 Å². The number of oxime groups is 1. The standard InChI is InChI=1S/C17H15FN2O3/c1-22-14-8-2-11(3-9-14)15-10-16(23-20-15)17(21)19-13-6-4-12(18)5-7-13/h2-9,16H,10H2,1H3,(H,19,21). The lowest BCUT2D eigenvalue weighted by atomic mass is 10.0. The number of nitrogens with one attached hydrogen (secondary N) is 1. The molecule has 1 atom stereocenters. The maximum absolute atomic E-state index is 12.9. The fraction of sp³-hybridized carbons (Fsp3) is 0.176. The van der Waals surface area contributed by atoms with Crippen molar-refractivity contribution in [3.05, 3.63) is 59.9 Å². The minimum atomic E-state index is -0.697. The number of ether oxygens (including phenoxy) is 1. The van der Waals surface area contributed by atoms with Crippen molar-refractivity contribution in [2.24, 2.45) is 5.16 Å². The first kappa shape index (κ1) is 15.0. The number of rotatable bonds is 4. The Bertz CT molecular complexity index is 727. The summed E-state index contributed by atoms with van der Waals surface area (Å²) in [6, 6.07) is 12.9. The molecule has 0 saturated carbocycles. The van der Waals surface area contributed by atoms with Crippen LogP contribution in [0.4, 0.5) is 10.1 Å². The molecule has 6 heteroatoms. The van der Waals surface area contributed by atoms with Crippen molar-refractivity contribution in [1.29, 1.82) is 0 Å². The summed E-state index contributed by atoms with van der Waals surface area (Å²) in [6.07, 6.45) is -0.323. The van der Waals surface area contributed by atoms with Crippen molar-refractivity contribution in [3.63, 3.8) is 0 Å². The summed E-state index contributed by atoms with van der Waals surface area (Å²) < 4.78 is 18.0. The van der Waals surface area contributed by atoms with Crippen LogP contribution in [0.25, 0.3) is 0 Å². The third-order valence-corrected chi connectivity index (χ3v) is 3.50. The number of halogens is 1. The first-order chi connectivity index (χ1) is 11.2. The third-order valence-electron chi connectivity index (χ3n) is 3.50. The van der Waals surface area contributed by atoms with Crippen molar-refractivity contribution < 1.29 is 18.8 Å². The largest absolute Gasteiger partial charge is 0.497 e. The van der Waals surface area contributed by atoms with E-state index >= 15 is 0 Å².